The van der Waals surface area contributed by atoms with Gasteiger partial charge in [-0.25, -0.2) is 4.79 Å². The molecular weight excluding hydrogens is 234 g/mol. The molecule has 2 aliphatic heterocycles. The Bertz CT molecular complexity index is 380. The van der Waals surface area contributed by atoms with E-state index in [9.17, 15) is 10.0 Å². The number of allylic oxidation sites excluding steroid dienone is 1. The third kappa shape index (κ3) is 2.67. The van der Waals surface area contributed by atoms with Gasteiger partial charge in [0.05, 0.1) is 12.1 Å². The van der Waals surface area contributed by atoms with Crippen LogP contribution in [0.2, 0.25) is 0 Å². The molecule has 0 aliphatic carbocycles. The first-order chi connectivity index (χ1) is 8.31. The van der Waals surface area contributed by atoms with Gasteiger partial charge in [0.1, 0.15) is 6.10 Å². The smallest absolute Gasteiger partial charge is 0.337 e. The summed E-state index contributed by atoms with van der Waals surface area (Å²) in [5, 5.41) is 11.5. The van der Waals surface area contributed by atoms with Gasteiger partial charge in [0.15, 0.2) is 6.10 Å². The van der Waals surface area contributed by atoms with Crippen molar-refractivity contribution in [3.8, 4) is 0 Å². The lowest BCUT2D eigenvalue weighted by atomic mass is 9.87. The number of ether oxygens (including phenoxy) is 2. The van der Waals surface area contributed by atoms with E-state index in [1.807, 2.05) is 27.7 Å². The maximum Gasteiger partial charge on any atom is 0.337 e. The van der Waals surface area contributed by atoms with Gasteiger partial charge in [-0.2, -0.15) is 0 Å². The van der Waals surface area contributed by atoms with E-state index >= 15 is 0 Å². The molecule has 0 aromatic heterocycles. The molecule has 2 saturated heterocycles. The monoisotopic (exact) mass is 255 g/mol. The average Bonchev–Trinajstić information content (AvgIpc) is 3.05. The van der Waals surface area contributed by atoms with Crippen LogP contribution < -0.4 is 0 Å². The molecule has 0 aromatic rings. The van der Waals surface area contributed by atoms with Crippen molar-refractivity contribution in [2.45, 2.75) is 58.3 Å². The minimum atomic E-state index is -0.430. The number of hydrogen-bond donors (Lipinski definition) is 1. The minimum Gasteiger partial charge on any atom is -0.460 e. The number of epoxide rings is 1. The van der Waals surface area contributed by atoms with Crippen molar-refractivity contribution >= 4 is 5.97 Å². The number of carbonyl (C=O) groups excluding carboxylic acids is 1. The first-order valence-electron chi connectivity index (χ1n) is 6.29. The third-order valence-electron chi connectivity index (χ3n) is 3.43. The quantitative estimate of drug-likeness (QED) is 0.602. The maximum absolute atomic E-state index is 11.6. The highest BCUT2D eigenvalue weighted by molar-refractivity contribution is 5.77. The second-order valence-electron chi connectivity index (χ2n) is 5.86. The molecule has 0 radical (unpaired) electrons. The van der Waals surface area contributed by atoms with Crippen LogP contribution in [0.1, 0.15) is 40.5 Å². The Kier molecular flexibility index (Phi) is 3.38. The largest absolute Gasteiger partial charge is 0.460 e. The predicted octanol–water partition coefficient (Wildman–Crippen LogP) is 1.85. The molecule has 0 spiro atoms. The number of carbonyl (C=O) groups is 1. The summed E-state index contributed by atoms with van der Waals surface area (Å²) in [6.45, 7) is 8.23. The number of piperidine rings is 1. The standard InChI is InChI=1S/C13H21NO4/c1-8(2)10-5-9(6-13(3,4)14(10)16)18-12(15)11-7-17-11/h9,11,16H,5-7H2,1-4H3. The van der Waals surface area contributed by atoms with E-state index in [1.54, 1.807) is 0 Å². The van der Waals surface area contributed by atoms with Crippen molar-refractivity contribution in [3.05, 3.63) is 11.3 Å². The zero-order valence-corrected chi connectivity index (χ0v) is 11.4. The normalized spacial score (nSPS) is 30.1. The van der Waals surface area contributed by atoms with Crippen LogP contribution in [0.15, 0.2) is 11.3 Å². The van der Waals surface area contributed by atoms with Crippen LogP contribution in [0.3, 0.4) is 0 Å². The number of rotatable bonds is 2. The fourth-order valence-corrected chi connectivity index (χ4v) is 2.31. The van der Waals surface area contributed by atoms with Crippen molar-refractivity contribution in [1.29, 1.82) is 0 Å². The van der Waals surface area contributed by atoms with E-state index in [4.69, 9.17) is 9.47 Å². The highest BCUT2D eigenvalue weighted by Gasteiger charge is 2.41. The summed E-state index contributed by atoms with van der Waals surface area (Å²) in [7, 11) is 0. The summed E-state index contributed by atoms with van der Waals surface area (Å²) < 4.78 is 10.4. The molecule has 102 valence electrons. The first-order valence-corrected chi connectivity index (χ1v) is 6.29. The maximum atomic E-state index is 11.6. The molecule has 2 aliphatic rings. The van der Waals surface area contributed by atoms with Gasteiger partial charge < -0.3 is 9.47 Å². The molecule has 1 N–H and O–H groups in total. The van der Waals surface area contributed by atoms with Crippen LogP contribution in [-0.4, -0.2) is 40.6 Å². The van der Waals surface area contributed by atoms with E-state index in [2.05, 4.69) is 0 Å². The fourth-order valence-electron chi connectivity index (χ4n) is 2.31. The molecule has 2 fully saturated rings. The van der Waals surface area contributed by atoms with Crippen molar-refractivity contribution < 1.29 is 19.5 Å². The van der Waals surface area contributed by atoms with Crippen LogP contribution in [-0.2, 0) is 14.3 Å². The summed E-state index contributed by atoms with van der Waals surface area (Å²) >= 11 is 0. The van der Waals surface area contributed by atoms with E-state index in [0.717, 1.165) is 11.3 Å². The van der Waals surface area contributed by atoms with Crippen molar-refractivity contribution in [3.63, 3.8) is 0 Å². The third-order valence-corrected chi connectivity index (χ3v) is 3.43. The van der Waals surface area contributed by atoms with Crippen LogP contribution in [0.25, 0.3) is 0 Å². The van der Waals surface area contributed by atoms with E-state index < -0.39 is 5.54 Å². The van der Waals surface area contributed by atoms with Gasteiger partial charge in [-0.05, 0) is 27.7 Å². The van der Waals surface area contributed by atoms with Crippen molar-refractivity contribution in [2.75, 3.05) is 6.61 Å². The van der Waals surface area contributed by atoms with Gasteiger partial charge in [0.2, 0.25) is 0 Å². The summed E-state index contributed by atoms with van der Waals surface area (Å²) in [4.78, 5) is 11.6. The van der Waals surface area contributed by atoms with Gasteiger partial charge in [0.25, 0.3) is 0 Å². The first kappa shape index (κ1) is 13.4. The van der Waals surface area contributed by atoms with Crippen molar-refractivity contribution in [1.82, 2.24) is 5.06 Å². The van der Waals surface area contributed by atoms with E-state index in [0.29, 0.717) is 19.4 Å². The predicted molar refractivity (Wildman–Crippen MR) is 64.9 cm³/mol. The van der Waals surface area contributed by atoms with E-state index in [1.165, 1.54) is 5.06 Å². The van der Waals surface area contributed by atoms with Crippen molar-refractivity contribution in [2.24, 2.45) is 0 Å². The Morgan fingerprint density at radius 2 is 2.11 bits per heavy atom. The van der Waals surface area contributed by atoms with Gasteiger partial charge in [0, 0.05) is 18.5 Å². The highest BCUT2D eigenvalue weighted by Crippen LogP contribution is 2.35. The zero-order chi connectivity index (χ0) is 13.5. The zero-order valence-electron chi connectivity index (χ0n) is 11.4. The van der Waals surface area contributed by atoms with Crippen LogP contribution >= 0.6 is 0 Å². The Balaban J connectivity index is 2.09. The van der Waals surface area contributed by atoms with Crippen LogP contribution in [0.5, 0.6) is 0 Å². The molecule has 0 bridgehead atoms. The lowest BCUT2D eigenvalue weighted by molar-refractivity contribution is -0.180. The van der Waals surface area contributed by atoms with Gasteiger partial charge in [-0.3, -0.25) is 10.3 Å². The van der Waals surface area contributed by atoms with E-state index in [-0.39, 0.29) is 18.2 Å². The highest BCUT2D eigenvalue weighted by atomic mass is 16.6. The lowest BCUT2D eigenvalue weighted by Crippen LogP contribution is -2.49. The Hall–Kier alpha value is -1.07. The molecule has 5 heteroatoms. The molecule has 0 saturated carbocycles. The average molecular weight is 255 g/mol. The molecule has 5 nitrogen and oxygen atoms in total. The lowest BCUT2D eigenvalue weighted by Gasteiger charge is -2.44. The fraction of sp³-hybridized carbons (Fsp3) is 0.769. The number of nitrogens with zero attached hydrogens (tertiary/aromatic N) is 1. The second-order valence-corrected chi connectivity index (χ2v) is 5.86. The number of esters is 1. The Labute approximate surface area is 107 Å². The summed E-state index contributed by atoms with van der Waals surface area (Å²) in [6, 6.07) is 0. The van der Waals surface area contributed by atoms with Gasteiger partial charge >= 0.3 is 5.97 Å². The Morgan fingerprint density at radius 1 is 1.50 bits per heavy atom. The minimum absolute atomic E-state index is 0.190. The molecule has 0 aromatic carbocycles. The summed E-state index contributed by atoms with van der Waals surface area (Å²) in [6.07, 6.45) is 0.611. The van der Waals surface area contributed by atoms with Gasteiger partial charge in [-0.1, -0.05) is 5.57 Å². The molecule has 2 rings (SSSR count). The second kappa shape index (κ2) is 4.55. The molecular formula is C13H21NO4. The van der Waals surface area contributed by atoms with Crippen LogP contribution in [0, 0.1) is 0 Å². The molecule has 0 amide bonds. The molecule has 2 atom stereocenters. The van der Waals surface area contributed by atoms with Gasteiger partial charge in [-0.15, -0.1) is 0 Å². The molecule has 2 unspecified atom stereocenters. The topological polar surface area (TPSA) is 62.3 Å². The molecule has 2 heterocycles. The number of hydroxylamine groups is 2. The van der Waals surface area contributed by atoms with Crippen LogP contribution in [0.4, 0.5) is 0 Å². The Morgan fingerprint density at radius 3 is 2.61 bits per heavy atom. The SMILES string of the molecule is CC(C)=C1CC(OC(=O)C2CO2)CC(C)(C)N1O. The summed E-state index contributed by atoms with van der Waals surface area (Å²) in [5.41, 5.74) is 1.44. The summed E-state index contributed by atoms with van der Waals surface area (Å²) in [5.74, 6) is -0.282. The molecule has 18 heavy (non-hydrogen) atoms. The number of hydrogen-bond acceptors (Lipinski definition) is 5.